The summed E-state index contributed by atoms with van der Waals surface area (Å²) in [6.07, 6.45) is 2.07. The fraction of sp³-hybridized carbons (Fsp3) is 0.481. The minimum Gasteiger partial charge on any atom is -0.480 e. The van der Waals surface area contributed by atoms with Crippen molar-refractivity contribution < 1.29 is 29.1 Å². The fourth-order valence-corrected chi connectivity index (χ4v) is 4.30. The number of hydrogen-bond acceptors (Lipinski definition) is 7. The summed E-state index contributed by atoms with van der Waals surface area (Å²) >= 11 is 0. The first-order valence-electron chi connectivity index (χ1n) is 13.6. The second-order valence-electron chi connectivity index (χ2n) is 10.1. The van der Waals surface area contributed by atoms with E-state index >= 15 is 0 Å². The van der Waals surface area contributed by atoms with Gasteiger partial charge in [0.05, 0.1) is 12.5 Å². The second-order valence-corrected chi connectivity index (χ2v) is 10.1. The highest BCUT2D eigenvalue weighted by atomic mass is 16.4. The molecule has 13 N–H and O–H groups in total. The average Bonchev–Trinajstić information content (AvgIpc) is 3.34. The zero-order valence-electron chi connectivity index (χ0n) is 23.8. The largest absolute Gasteiger partial charge is 0.480 e. The van der Waals surface area contributed by atoms with E-state index in [1.165, 1.54) is 0 Å². The van der Waals surface area contributed by atoms with Gasteiger partial charge < -0.3 is 49.0 Å². The molecule has 0 saturated carbocycles. The van der Waals surface area contributed by atoms with Gasteiger partial charge in [0.15, 0.2) is 5.96 Å². The maximum absolute atomic E-state index is 13.3. The number of carboxylic acid groups (broad SMARTS) is 1. The first-order valence-corrected chi connectivity index (χ1v) is 13.6. The number of nitrogens with two attached hydrogens (primary N) is 4. The van der Waals surface area contributed by atoms with Crippen LogP contribution in [-0.4, -0.2) is 76.4 Å². The third-order valence-electron chi connectivity index (χ3n) is 6.84. The maximum Gasteiger partial charge on any atom is 0.326 e. The van der Waals surface area contributed by atoms with Crippen molar-refractivity contribution in [2.75, 3.05) is 6.54 Å². The molecule has 0 saturated heterocycles. The van der Waals surface area contributed by atoms with Crippen LogP contribution in [0.15, 0.2) is 35.5 Å². The number of carbonyl (C=O) groups excluding carboxylic acids is 4. The molecule has 5 unspecified atom stereocenters. The topological polar surface area (TPSA) is 274 Å². The van der Waals surface area contributed by atoms with E-state index in [9.17, 15) is 29.1 Å². The van der Waals surface area contributed by atoms with Gasteiger partial charge in [0, 0.05) is 23.6 Å². The van der Waals surface area contributed by atoms with Crippen LogP contribution in [0.4, 0.5) is 0 Å². The lowest BCUT2D eigenvalue weighted by Gasteiger charge is -2.26. The normalized spacial score (nSPS) is 14.5. The number of nitrogens with one attached hydrogen (secondary N) is 4. The van der Waals surface area contributed by atoms with Gasteiger partial charge in [0.25, 0.3) is 0 Å². The summed E-state index contributed by atoms with van der Waals surface area (Å²) in [5.74, 6) is -5.01. The number of benzene rings is 1. The molecular weight excluding hydrogens is 546 g/mol. The van der Waals surface area contributed by atoms with Gasteiger partial charge >= 0.3 is 5.97 Å². The van der Waals surface area contributed by atoms with Gasteiger partial charge in [0.2, 0.25) is 23.6 Å². The van der Waals surface area contributed by atoms with Crippen molar-refractivity contribution in [2.45, 2.75) is 70.1 Å². The van der Waals surface area contributed by atoms with E-state index in [4.69, 9.17) is 22.9 Å². The summed E-state index contributed by atoms with van der Waals surface area (Å²) in [6.45, 7) is 3.59. The number of amides is 4. The molecule has 42 heavy (non-hydrogen) atoms. The number of aromatic amines is 1. The number of aromatic nitrogens is 1. The fourth-order valence-electron chi connectivity index (χ4n) is 4.30. The minimum absolute atomic E-state index is 0.0263. The van der Waals surface area contributed by atoms with Crippen molar-refractivity contribution in [3.63, 3.8) is 0 Å². The third-order valence-corrected chi connectivity index (χ3v) is 6.84. The predicted octanol–water partition coefficient (Wildman–Crippen LogP) is -1.45. The number of fused-ring (bicyclic) bond motifs is 1. The SMILES string of the molecule is CCC(C)C(NC(=O)C(CCCN=C(N)N)NC(=O)C(CC(N)=O)NC(=O)C(N)Cc1c[nH]c2ccccc12)C(=O)O. The van der Waals surface area contributed by atoms with Gasteiger partial charge in [-0.3, -0.25) is 24.2 Å². The van der Waals surface area contributed by atoms with Crippen molar-refractivity contribution in [1.82, 2.24) is 20.9 Å². The Hall–Kier alpha value is -4.66. The summed E-state index contributed by atoms with van der Waals surface area (Å²) in [6, 6.07) is 2.52. The standard InChI is InChI=1S/C27H41N9O6/c1-3-14(2)22(26(41)42)36-24(39)19(9-6-10-32-27(30)31)34-25(40)20(12-21(29)37)35-23(38)17(28)11-15-13-33-18-8-5-4-7-16(15)18/h4-5,7-8,13-14,17,19-20,22,33H,3,6,9-12,28H2,1-2H3,(H2,29,37)(H,34,40)(H,35,38)(H,36,39)(H,41,42)(H4,30,31,32). The maximum atomic E-state index is 13.3. The number of H-pyrrole nitrogens is 1. The number of carboxylic acids is 1. The molecule has 0 bridgehead atoms. The van der Waals surface area contributed by atoms with Gasteiger partial charge in [-0.2, -0.15) is 0 Å². The van der Waals surface area contributed by atoms with Crippen LogP contribution in [0.25, 0.3) is 10.9 Å². The van der Waals surface area contributed by atoms with Crippen LogP contribution in [0.2, 0.25) is 0 Å². The zero-order chi connectivity index (χ0) is 31.4. The van der Waals surface area contributed by atoms with Crippen molar-refractivity contribution in [3.8, 4) is 0 Å². The number of aliphatic carboxylic acids is 1. The third kappa shape index (κ3) is 10.1. The minimum atomic E-state index is -1.44. The van der Waals surface area contributed by atoms with E-state index in [0.717, 1.165) is 16.5 Å². The van der Waals surface area contributed by atoms with Crippen molar-refractivity contribution in [3.05, 3.63) is 36.0 Å². The Balaban J connectivity index is 2.18. The molecule has 0 fully saturated rings. The molecule has 0 aliphatic carbocycles. The summed E-state index contributed by atoms with van der Waals surface area (Å²) < 4.78 is 0. The van der Waals surface area contributed by atoms with Gasteiger partial charge in [-0.15, -0.1) is 0 Å². The lowest BCUT2D eigenvalue weighted by Crippen LogP contribution is -2.58. The highest BCUT2D eigenvalue weighted by Gasteiger charge is 2.32. The summed E-state index contributed by atoms with van der Waals surface area (Å²) in [7, 11) is 0. The molecule has 5 atom stereocenters. The Morgan fingerprint density at radius 1 is 0.976 bits per heavy atom. The second kappa shape index (κ2) is 16.0. The lowest BCUT2D eigenvalue weighted by atomic mass is 9.98. The molecule has 15 nitrogen and oxygen atoms in total. The number of aliphatic imine (C=N–C) groups is 1. The number of carbonyl (C=O) groups is 5. The Morgan fingerprint density at radius 3 is 2.24 bits per heavy atom. The molecule has 0 aliphatic heterocycles. The molecule has 1 aromatic heterocycles. The number of primary amides is 1. The van der Waals surface area contributed by atoms with Crippen molar-refractivity contribution in [1.29, 1.82) is 0 Å². The number of guanidine groups is 1. The van der Waals surface area contributed by atoms with Gasteiger partial charge in [0.1, 0.15) is 18.1 Å². The van der Waals surface area contributed by atoms with Gasteiger partial charge in [-0.25, -0.2) is 4.79 Å². The molecule has 0 aliphatic rings. The zero-order valence-corrected chi connectivity index (χ0v) is 23.8. The van der Waals surface area contributed by atoms with Crippen LogP contribution < -0.4 is 38.9 Å². The van der Waals surface area contributed by atoms with Crippen LogP contribution >= 0.6 is 0 Å². The first kappa shape index (κ1) is 33.5. The Morgan fingerprint density at radius 2 is 1.62 bits per heavy atom. The van der Waals surface area contributed by atoms with Crippen molar-refractivity contribution >= 4 is 46.5 Å². The molecule has 1 heterocycles. The van der Waals surface area contributed by atoms with Crippen LogP contribution in [0.1, 0.15) is 45.1 Å². The number of nitrogens with zero attached hydrogens (tertiary/aromatic N) is 1. The van der Waals surface area contributed by atoms with Gasteiger partial charge in [-0.1, -0.05) is 38.5 Å². The van der Waals surface area contributed by atoms with Crippen LogP contribution in [-0.2, 0) is 30.4 Å². The lowest BCUT2D eigenvalue weighted by molar-refractivity contribution is -0.144. The van der Waals surface area contributed by atoms with E-state index in [1.54, 1.807) is 20.0 Å². The highest BCUT2D eigenvalue weighted by Crippen LogP contribution is 2.19. The monoisotopic (exact) mass is 587 g/mol. The van der Waals surface area contributed by atoms with Crippen LogP contribution in [0.3, 0.4) is 0 Å². The molecule has 0 radical (unpaired) electrons. The van der Waals surface area contributed by atoms with Crippen LogP contribution in [0.5, 0.6) is 0 Å². The van der Waals surface area contributed by atoms with E-state index in [0.29, 0.717) is 6.42 Å². The molecule has 230 valence electrons. The molecule has 1 aromatic carbocycles. The van der Waals surface area contributed by atoms with Gasteiger partial charge in [-0.05, 0) is 36.8 Å². The molecule has 0 spiro atoms. The molecule has 15 heteroatoms. The van der Waals surface area contributed by atoms with E-state index in [2.05, 4.69) is 25.9 Å². The average molecular weight is 588 g/mol. The first-order chi connectivity index (χ1) is 19.8. The smallest absolute Gasteiger partial charge is 0.326 e. The number of hydrogen-bond donors (Lipinski definition) is 9. The molecule has 4 amide bonds. The molecule has 2 aromatic rings. The van der Waals surface area contributed by atoms with E-state index in [-0.39, 0.29) is 31.8 Å². The Kier molecular flexibility index (Phi) is 12.7. The van der Waals surface area contributed by atoms with E-state index < -0.39 is 66.1 Å². The molecular formula is C27H41N9O6. The molecule has 2 rings (SSSR count). The summed E-state index contributed by atoms with van der Waals surface area (Å²) in [5, 5.41) is 17.9. The van der Waals surface area contributed by atoms with E-state index in [1.807, 2.05) is 24.3 Å². The number of para-hydroxylation sites is 1. The highest BCUT2D eigenvalue weighted by molar-refractivity contribution is 5.96. The Labute approximate surface area is 243 Å². The van der Waals surface area contributed by atoms with Crippen molar-refractivity contribution in [2.24, 2.45) is 33.8 Å². The Bertz CT molecular complexity index is 1290. The van der Waals surface area contributed by atoms with Crippen LogP contribution in [0, 0.1) is 5.92 Å². The number of rotatable bonds is 17. The summed E-state index contributed by atoms with van der Waals surface area (Å²) in [5.41, 5.74) is 23.8. The quantitative estimate of drug-likeness (QED) is 0.0594. The predicted molar refractivity (Wildman–Crippen MR) is 157 cm³/mol. The summed E-state index contributed by atoms with van der Waals surface area (Å²) in [4.78, 5) is 69.8.